The lowest BCUT2D eigenvalue weighted by Crippen LogP contribution is -2.55. The molecule has 1 aliphatic rings. The Morgan fingerprint density at radius 3 is 2.25 bits per heavy atom. The Labute approximate surface area is 212 Å². The van der Waals surface area contributed by atoms with E-state index in [0.717, 1.165) is 12.0 Å². The van der Waals surface area contributed by atoms with Gasteiger partial charge in [-0.05, 0) is 41.7 Å². The van der Waals surface area contributed by atoms with Crippen molar-refractivity contribution >= 4 is 11.6 Å². The zero-order valence-corrected chi connectivity index (χ0v) is 20.4. The van der Waals surface area contributed by atoms with Crippen LogP contribution in [0.25, 0.3) is 0 Å². The highest BCUT2D eigenvalue weighted by Crippen LogP contribution is 2.40. The average molecular weight is 535 g/mol. The van der Waals surface area contributed by atoms with Crippen molar-refractivity contribution in [2.24, 2.45) is 0 Å². The van der Waals surface area contributed by atoms with Crippen molar-refractivity contribution in [2.45, 2.75) is 56.5 Å². The summed E-state index contributed by atoms with van der Waals surface area (Å²) in [6.45, 7) is -0.615. The van der Waals surface area contributed by atoms with Gasteiger partial charge in [-0.3, -0.25) is 0 Å². The van der Waals surface area contributed by atoms with E-state index in [0.29, 0.717) is 17.0 Å². The molecule has 11 heteroatoms. The molecule has 0 aromatic heterocycles. The topological polar surface area (TPSA) is 109 Å². The summed E-state index contributed by atoms with van der Waals surface area (Å²) in [4.78, 5) is 0. The number of hydrogen-bond acceptors (Lipinski definition) is 7. The molecule has 0 unspecified atom stereocenters. The number of rotatable bonds is 10. The lowest BCUT2D eigenvalue weighted by atomic mass is 9.89. The van der Waals surface area contributed by atoms with Gasteiger partial charge in [-0.1, -0.05) is 42.8 Å². The summed E-state index contributed by atoms with van der Waals surface area (Å²) in [7, 11) is 0. The second-order valence-electron chi connectivity index (χ2n) is 8.59. The largest absolute Gasteiger partial charge is 0.491 e. The fourth-order valence-corrected chi connectivity index (χ4v) is 4.19. The SMILES string of the molecule is CCc1ccc(Cc2cc([C@@H]3O[C@H](CO)[C@@H](O)[C@H](O)[C@H]3O)c(OCCOCC(F)(F)F)cc2Cl)cc1. The molecule has 2 aromatic carbocycles. The van der Waals surface area contributed by atoms with Crippen molar-refractivity contribution in [1.82, 2.24) is 0 Å². The molecule has 7 nitrogen and oxygen atoms in total. The predicted molar refractivity (Wildman–Crippen MR) is 125 cm³/mol. The van der Waals surface area contributed by atoms with Crippen molar-refractivity contribution < 1.29 is 47.8 Å². The zero-order chi connectivity index (χ0) is 26.5. The molecule has 4 N–H and O–H groups in total. The molecule has 36 heavy (non-hydrogen) atoms. The summed E-state index contributed by atoms with van der Waals surface area (Å²) in [6.07, 6.45) is -10.3. The van der Waals surface area contributed by atoms with Gasteiger partial charge in [-0.25, -0.2) is 0 Å². The first-order valence-electron chi connectivity index (χ1n) is 11.5. The Balaban J connectivity index is 1.89. The molecular weight excluding hydrogens is 505 g/mol. The minimum absolute atomic E-state index is 0.102. The van der Waals surface area contributed by atoms with E-state index in [1.54, 1.807) is 6.07 Å². The van der Waals surface area contributed by atoms with Gasteiger partial charge >= 0.3 is 6.18 Å². The average Bonchev–Trinajstić information content (AvgIpc) is 2.84. The molecule has 200 valence electrons. The number of aryl methyl sites for hydroxylation is 1. The minimum atomic E-state index is -4.47. The Bertz CT molecular complexity index is 985. The maximum Gasteiger partial charge on any atom is 0.411 e. The number of alkyl halides is 3. The molecule has 1 fully saturated rings. The summed E-state index contributed by atoms with van der Waals surface area (Å²) >= 11 is 6.50. The van der Waals surface area contributed by atoms with Crippen LogP contribution in [0.15, 0.2) is 36.4 Å². The summed E-state index contributed by atoms with van der Waals surface area (Å²) in [6, 6.07) is 11.0. The molecular formula is C25H30ClF3O7. The number of halogens is 4. The molecule has 3 rings (SSSR count). The first kappa shape index (κ1) is 28.6. The van der Waals surface area contributed by atoms with Gasteiger partial charge in [-0.2, -0.15) is 13.2 Å². The number of aliphatic hydroxyl groups excluding tert-OH is 4. The number of aliphatic hydroxyl groups is 4. The number of ether oxygens (including phenoxy) is 3. The molecule has 0 aliphatic carbocycles. The Kier molecular flexibility index (Phi) is 9.99. The van der Waals surface area contributed by atoms with E-state index in [-0.39, 0.29) is 24.5 Å². The molecule has 1 aliphatic heterocycles. The van der Waals surface area contributed by atoms with Crippen molar-refractivity contribution in [3.05, 3.63) is 63.7 Å². The van der Waals surface area contributed by atoms with Crippen LogP contribution in [-0.2, 0) is 22.3 Å². The van der Waals surface area contributed by atoms with Crippen LogP contribution in [0, 0.1) is 0 Å². The van der Waals surface area contributed by atoms with Crippen LogP contribution >= 0.6 is 11.6 Å². The van der Waals surface area contributed by atoms with Gasteiger partial charge in [0, 0.05) is 10.6 Å². The van der Waals surface area contributed by atoms with Gasteiger partial charge in [0.15, 0.2) is 0 Å². The van der Waals surface area contributed by atoms with Crippen LogP contribution in [-0.4, -0.2) is 77.4 Å². The molecule has 0 saturated carbocycles. The fourth-order valence-electron chi connectivity index (χ4n) is 3.97. The first-order valence-corrected chi connectivity index (χ1v) is 11.9. The minimum Gasteiger partial charge on any atom is -0.491 e. The van der Waals surface area contributed by atoms with Crippen molar-refractivity contribution in [3.63, 3.8) is 0 Å². The van der Waals surface area contributed by atoms with E-state index >= 15 is 0 Å². The molecule has 0 amide bonds. The standard InChI is InChI=1S/C25H30ClF3O7/c1-2-14-3-5-15(6-4-14)9-16-10-17(24-23(33)22(32)21(31)20(12-30)36-24)19(11-18(16)26)35-8-7-34-13-25(27,28)29/h3-6,10-11,20-24,30-33H,2,7-9,12-13H2,1H3/t20-,21-,22+,23-,24+/m1/s1. The molecule has 1 saturated heterocycles. The summed E-state index contributed by atoms with van der Waals surface area (Å²) in [5.74, 6) is 0.102. The third kappa shape index (κ3) is 7.32. The fraction of sp³-hybridized carbons (Fsp3) is 0.520. The zero-order valence-electron chi connectivity index (χ0n) is 19.6. The second kappa shape index (κ2) is 12.6. The van der Waals surface area contributed by atoms with Crippen LogP contribution in [0.3, 0.4) is 0 Å². The Morgan fingerprint density at radius 1 is 0.972 bits per heavy atom. The van der Waals surface area contributed by atoms with Crippen LogP contribution in [0.2, 0.25) is 5.02 Å². The van der Waals surface area contributed by atoms with Crippen molar-refractivity contribution in [3.8, 4) is 5.75 Å². The molecule has 1 heterocycles. The second-order valence-corrected chi connectivity index (χ2v) is 9.00. The van der Waals surface area contributed by atoms with Gasteiger partial charge in [0.25, 0.3) is 0 Å². The van der Waals surface area contributed by atoms with Crippen LogP contribution in [0.5, 0.6) is 5.75 Å². The lowest BCUT2D eigenvalue weighted by Gasteiger charge is -2.40. The predicted octanol–water partition coefficient (Wildman–Crippen LogP) is 2.97. The highest BCUT2D eigenvalue weighted by molar-refractivity contribution is 6.31. The molecule has 0 radical (unpaired) electrons. The summed E-state index contributed by atoms with van der Waals surface area (Å²) in [5, 5.41) is 40.9. The molecule has 5 atom stereocenters. The number of hydrogen-bond donors (Lipinski definition) is 4. The molecule has 2 aromatic rings. The summed E-state index contributed by atoms with van der Waals surface area (Å²) in [5.41, 5.74) is 3.03. The quantitative estimate of drug-likeness (QED) is 0.347. The third-order valence-electron chi connectivity index (χ3n) is 5.95. The lowest BCUT2D eigenvalue weighted by molar-refractivity contribution is -0.232. The van der Waals surface area contributed by atoms with Gasteiger partial charge < -0.3 is 34.6 Å². The van der Waals surface area contributed by atoms with Gasteiger partial charge in [0.2, 0.25) is 0 Å². The van der Waals surface area contributed by atoms with E-state index in [2.05, 4.69) is 4.74 Å². The third-order valence-corrected chi connectivity index (χ3v) is 6.31. The van der Waals surface area contributed by atoms with E-state index in [1.165, 1.54) is 11.6 Å². The van der Waals surface area contributed by atoms with Crippen LogP contribution in [0.4, 0.5) is 13.2 Å². The molecule has 0 bridgehead atoms. The van der Waals surface area contributed by atoms with E-state index in [1.807, 2.05) is 31.2 Å². The monoisotopic (exact) mass is 534 g/mol. The van der Waals surface area contributed by atoms with Gasteiger partial charge in [0.1, 0.15) is 49.5 Å². The maximum atomic E-state index is 12.3. The molecule has 0 spiro atoms. The smallest absolute Gasteiger partial charge is 0.411 e. The Hall–Kier alpha value is -1.92. The normalized spacial score (nSPS) is 24.6. The van der Waals surface area contributed by atoms with E-state index in [4.69, 9.17) is 21.1 Å². The van der Waals surface area contributed by atoms with Crippen LogP contribution in [0.1, 0.15) is 35.3 Å². The van der Waals surface area contributed by atoms with Gasteiger partial charge in [-0.15, -0.1) is 0 Å². The highest BCUT2D eigenvalue weighted by Gasteiger charge is 2.45. The van der Waals surface area contributed by atoms with Crippen LogP contribution < -0.4 is 4.74 Å². The Morgan fingerprint density at radius 2 is 1.64 bits per heavy atom. The first-order chi connectivity index (χ1) is 17.0. The van der Waals surface area contributed by atoms with Crippen molar-refractivity contribution in [2.75, 3.05) is 26.4 Å². The maximum absolute atomic E-state index is 12.3. The van der Waals surface area contributed by atoms with E-state index in [9.17, 15) is 33.6 Å². The van der Waals surface area contributed by atoms with Gasteiger partial charge in [0.05, 0.1) is 13.2 Å². The van der Waals surface area contributed by atoms with E-state index < -0.39 is 49.9 Å². The number of benzene rings is 2. The van der Waals surface area contributed by atoms with Crippen molar-refractivity contribution in [1.29, 1.82) is 0 Å². The summed E-state index contributed by atoms with van der Waals surface area (Å²) < 4.78 is 52.9. The highest BCUT2D eigenvalue weighted by atomic mass is 35.5.